The molecule has 0 fully saturated rings. The first-order valence-corrected chi connectivity index (χ1v) is 7.23. The van der Waals surface area contributed by atoms with Gasteiger partial charge in [0.05, 0.1) is 16.6 Å². The van der Waals surface area contributed by atoms with Crippen LogP contribution in [-0.4, -0.2) is 36.9 Å². The number of carbonyl (C=O) groups excluding carboxylic acids is 2. The van der Waals surface area contributed by atoms with Gasteiger partial charge in [0.25, 0.3) is 5.91 Å². The summed E-state index contributed by atoms with van der Waals surface area (Å²) in [7, 11) is 3.28. The monoisotopic (exact) mass is 311 g/mol. The molecule has 3 N–H and O–H groups in total. The van der Waals surface area contributed by atoms with Crippen LogP contribution in [0.2, 0.25) is 5.02 Å². The van der Waals surface area contributed by atoms with Crippen LogP contribution < -0.4 is 11.1 Å². The standard InChI is InChI=1S/C15H22ClN3O2/c1-5-9(2)13(17)14(20)18-10-6-7-12(16)11(8-10)15(21)19(3)4/h6-9,13H,5,17H2,1-4H3,(H,18,20). The summed E-state index contributed by atoms with van der Waals surface area (Å²) in [5.74, 6) is -0.405. The predicted molar refractivity (Wildman–Crippen MR) is 85.5 cm³/mol. The Hall–Kier alpha value is -1.59. The van der Waals surface area contributed by atoms with E-state index in [9.17, 15) is 9.59 Å². The van der Waals surface area contributed by atoms with Crippen molar-refractivity contribution in [1.82, 2.24) is 4.90 Å². The molecule has 0 aromatic heterocycles. The summed E-state index contributed by atoms with van der Waals surface area (Å²) in [5.41, 5.74) is 6.73. The number of nitrogens with zero attached hydrogens (tertiary/aromatic N) is 1. The Kier molecular flexibility index (Phi) is 6.18. The van der Waals surface area contributed by atoms with Gasteiger partial charge in [0.15, 0.2) is 0 Å². The number of benzene rings is 1. The number of nitrogens with two attached hydrogens (primary N) is 1. The van der Waals surface area contributed by atoms with Crippen LogP contribution in [0.25, 0.3) is 0 Å². The maximum atomic E-state index is 12.0. The van der Waals surface area contributed by atoms with Crippen molar-refractivity contribution >= 4 is 29.1 Å². The summed E-state index contributed by atoms with van der Waals surface area (Å²) in [6.45, 7) is 3.90. The fourth-order valence-electron chi connectivity index (χ4n) is 1.75. The van der Waals surface area contributed by atoms with E-state index in [0.29, 0.717) is 16.3 Å². The van der Waals surface area contributed by atoms with E-state index in [0.717, 1.165) is 6.42 Å². The number of halogens is 1. The van der Waals surface area contributed by atoms with E-state index in [1.807, 2.05) is 13.8 Å². The molecule has 5 nitrogen and oxygen atoms in total. The molecule has 6 heteroatoms. The highest BCUT2D eigenvalue weighted by atomic mass is 35.5. The van der Waals surface area contributed by atoms with Gasteiger partial charge in [-0.3, -0.25) is 9.59 Å². The van der Waals surface area contributed by atoms with Gasteiger partial charge in [0, 0.05) is 19.8 Å². The van der Waals surface area contributed by atoms with E-state index < -0.39 is 6.04 Å². The lowest BCUT2D eigenvalue weighted by molar-refractivity contribution is -0.118. The average molecular weight is 312 g/mol. The summed E-state index contributed by atoms with van der Waals surface area (Å²) >= 11 is 6.02. The van der Waals surface area contributed by atoms with Crippen molar-refractivity contribution in [3.63, 3.8) is 0 Å². The highest BCUT2D eigenvalue weighted by molar-refractivity contribution is 6.34. The van der Waals surface area contributed by atoms with Crippen molar-refractivity contribution in [2.45, 2.75) is 26.3 Å². The first kappa shape index (κ1) is 17.5. The summed E-state index contributed by atoms with van der Waals surface area (Å²) < 4.78 is 0. The molecular weight excluding hydrogens is 290 g/mol. The zero-order valence-corrected chi connectivity index (χ0v) is 13.6. The van der Waals surface area contributed by atoms with Crippen LogP contribution in [0.4, 0.5) is 5.69 Å². The molecule has 0 aliphatic rings. The van der Waals surface area contributed by atoms with Crippen molar-refractivity contribution in [3.05, 3.63) is 28.8 Å². The van der Waals surface area contributed by atoms with Gasteiger partial charge in [0.1, 0.15) is 0 Å². The number of amides is 2. The lowest BCUT2D eigenvalue weighted by Gasteiger charge is -2.18. The second-order valence-corrected chi connectivity index (χ2v) is 5.70. The second kappa shape index (κ2) is 7.43. The average Bonchev–Trinajstić information content (AvgIpc) is 2.46. The second-order valence-electron chi connectivity index (χ2n) is 5.29. The predicted octanol–water partition coefficient (Wildman–Crippen LogP) is 2.35. The van der Waals surface area contributed by atoms with Gasteiger partial charge in [-0.25, -0.2) is 0 Å². The maximum Gasteiger partial charge on any atom is 0.254 e. The molecule has 1 aromatic carbocycles. The van der Waals surface area contributed by atoms with Gasteiger partial charge in [-0.05, 0) is 24.1 Å². The Morgan fingerprint density at radius 3 is 2.52 bits per heavy atom. The van der Waals surface area contributed by atoms with E-state index in [1.54, 1.807) is 32.3 Å². The molecule has 1 aromatic rings. The van der Waals surface area contributed by atoms with Crippen molar-refractivity contribution in [1.29, 1.82) is 0 Å². The molecule has 116 valence electrons. The first-order chi connectivity index (χ1) is 9.77. The van der Waals surface area contributed by atoms with Gasteiger partial charge in [0.2, 0.25) is 5.91 Å². The SMILES string of the molecule is CCC(C)C(N)C(=O)Nc1ccc(Cl)c(C(=O)N(C)C)c1. The third-order valence-corrected chi connectivity index (χ3v) is 3.76. The van der Waals surface area contributed by atoms with E-state index in [4.69, 9.17) is 17.3 Å². The fraction of sp³-hybridized carbons (Fsp3) is 0.467. The summed E-state index contributed by atoms with van der Waals surface area (Å²) in [6.07, 6.45) is 0.819. The summed E-state index contributed by atoms with van der Waals surface area (Å²) in [4.78, 5) is 25.5. The summed E-state index contributed by atoms with van der Waals surface area (Å²) in [5, 5.41) is 3.07. The van der Waals surface area contributed by atoms with Crippen molar-refractivity contribution in [3.8, 4) is 0 Å². The minimum absolute atomic E-state index is 0.0835. The van der Waals surface area contributed by atoms with Crippen LogP contribution in [0.3, 0.4) is 0 Å². The number of carbonyl (C=O) groups is 2. The molecule has 2 atom stereocenters. The van der Waals surface area contributed by atoms with E-state index in [1.165, 1.54) is 4.90 Å². The molecular formula is C15H22ClN3O2. The smallest absolute Gasteiger partial charge is 0.254 e. The molecule has 1 rings (SSSR count). The molecule has 0 bridgehead atoms. The van der Waals surface area contributed by atoms with Crippen molar-refractivity contribution in [2.75, 3.05) is 19.4 Å². The first-order valence-electron chi connectivity index (χ1n) is 6.85. The Balaban J connectivity index is 2.93. The molecule has 0 saturated heterocycles. The number of hydrogen-bond acceptors (Lipinski definition) is 3. The Bertz CT molecular complexity index is 532. The van der Waals surface area contributed by atoms with Crippen molar-refractivity contribution in [2.24, 2.45) is 11.7 Å². The highest BCUT2D eigenvalue weighted by Crippen LogP contribution is 2.22. The third-order valence-electron chi connectivity index (χ3n) is 3.43. The van der Waals surface area contributed by atoms with Gasteiger partial charge in [-0.1, -0.05) is 31.9 Å². The maximum absolute atomic E-state index is 12.0. The topological polar surface area (TPSA) is 75.4 Å². The Labute approximate surface area is 130 Å². The third kappa shape index (κ3) is 4.44. The van der Waals surface area contributed by atoms with Gasteiger partial charge >= 0.3 is 0 Å². The lowest BCUT2D eigenvalue weighted by atomic mass is 9.99. The van der Waals surface area contributed by atoms with Gasteiger partial charge < -0.3 is 16.0 Å². The van der Waals surface area contributed by atoms with Crippen molar-refractivity contribution < 1.29 is 9.59 Å². The van der Waals surface area contributed by atoms with E-state index in [-0.39, 0.29) is 17.7 Å². The van der Waals surface area contributed by atoms with E-state index in [2.05, 4.69) is 5.32 Å². The van der Waals surface area contributed by atoms with E-state index >= 15 is 0 Å². The van der Waals surface area contributed by atoms with Gasteiger partial charge in [-0.2, -0.15) is 0 Å². The zero-order valence-electron chi connectivity index (χ0n) is 12.8. The molecule has 0 heterocycles. The van der Waals surface area contributed by atoms with Crippen LogP contribution >= 0.6 is 11.6 Å². The molecule has 0 aliphatic carbocycles. The molecule has 0 spiro atoms. The molecule has 2 amide bonds. The molecule has 0 saturated carbocycles. The fourth-order valence-corrected chi connectivity index (χ4v) is 1.94. The number of anilines is 1. The van der Waals surface area contributed by atoms with Crippen LogP contribution in [-0.2, 0) is 4.79 Å². The van der Waals surface area contributed by atoms with Crippen LogP contribution in [0.1, 0.15) is 30.6 Å². The van der Waals surface area contributed by atoms with Gasteiger partial charge in [-0.15, -0.1) is 0 Å². The quantitative estimate of drug-likeness (QED) is 0.876. The zero-order chi connectivity index (χ0) is 16.2. The summed E-state index contributed by atoms with van der Waals surface area (Å²) in [6, 6.07) is 4.21. The molecule has 21 heavy (non-hydrogen) atoms. The Morgan fingerprint density at radius 2 is 2.00 bits per heavy atom. The lowest BCUT2D eigenvalue weighted by Crippen LogP contribution is -2.40. The number of hydrogen-bond donors (Lipinski definition) is 2. The largest absolute Gasteiger partial charge is 0.345 e. The minimum Gasteiger partial charge on any atom is -0.345 e. The van der Waals surface area contributed by atoms with Crippen LogP contribution in [0.15, 0.2) is 18.2 Å². The van der Waals surface area contributed by atoms with Crippen LogP contribution in [0.5, 0.6) is 0 Å². The number of nitrogens with one attached hydrogen (secondary N) is 1. The number of rotatable bonds is 5. The minimum atomic E-state index is -0.585. The normalized spacial score (nSPS) is 13.4. The molecule has 2 unspecified atom stereocenters. The van der Waals surface area contributed by atoms with Crippen LogP contribution in [0, 0.1) is 5.92 Å². The Morgan fingerprint density at radius 1 is 1.38 bits per heavy atom. The molecule has 0 radical (unpaired) electrons. The highest BCUT2D eigenvalue weighted by Gasteiger charge is 2.20. The molecule has 0 aliphatic heterocycles.